The van der Waals surface area contributed by atoms with Crippen molar-refractivity contribution >= 4 is 11.0 Å². The molecule has 1 aromatic heterocycles. The number of hydrogen-bond donors (Lipinski definition) is 12. The number of hydrogen-bond acceptors (Lipinski definition) is 19. The van der Waals surface area contributed by atoms with E-state index in [4.69, 9.17) is 37.6 Å². The molecule has 20 nitrogen and oxygen atoms in total. The van der Waals surface area contributed by atoms with Gasteiger partial charge in [-0.05, 0) is 6.92 Å². The summed E-state index contributed by atoms with van der Waals surface area (Å²) in [5, 5.41) is 126. The molecule has 3 aromatic rings. The van der Waals surface area contributed by atoms with Gasteiger partial charge in [-0.3, -0.25) is 0 Å². The summed E-state index contributed by atoms with van der Waals surface area (Å²) in [5.41, 5.74) is -0.0820. The number of phenols is 4. The zero-order valence-corrected chi connectivity index (χ0v) is 28.0. The number of benzene rings is 2. The van der Waals surface area contributed by atoms with Gasteiger partial charge in [-0.1, -0.05) is 0 Å². The second-order valence-electron chi connectivity index (χ2n) is 12.9. The molecular formula is C33H41O20+. The first-order valence-corrected chi connectivity index (χ1v) is 16.3. The first kappa shape index (κ1) is 38.8. The zero-order valence-electron chi connectivity index (χ0n) is 28.0. The van der Waals surface area contributed by atoms with Gasteiger partial charge >= 0.3 is 11.3 Å². The number of methoxy groups -OCH3 is 1. The fourth-order valence-corrected chi connectivity index (χ4v) is 6.16. The van der Waals surface area contributed by atoms with Crippen LogP contribution >= 0.6 is 0 Å². The Kier molecular flexibility index (Phi) is 11.3. The van der Waals surface area contributed by atoms with Crippen molar-refractivity contribution in [2.24, 2.45) is 0 Å². The Bertz CT molecular complexity index is 1760. The molecule has 6 rings (SSSR count). The lowest BCUT2D eigenvalue weighted by Gasteiger charge is -2.45. The van der Waals surface area contributed by atoms with Crippen molar-refractivity contribution in [2.75, 3.05) is 20.3 Å². The van der Waals surface area contributed by atoms with Crippen LogP contribution in [-0.4, -0.2) is 168 Å². The van der Waals surface area contributed by atoms with E-state index in [1.807, 2.05) is 0 Å². The predicted octanol–water partition coefficient (Wildman–Crippen LogP) is -2.29. The summed E-state index contributed by atoms with van der Waals surface area (Å²) < 4.78 is 45.5. The molecule has 0 bridgehead atoms. The Hall–Kier alpha value is -3.87. The second-order valence-corrected chi connectivity index (χ2v) is 12.9. The first-order valence-electron chi connectivity index (χ1n) is 16.3. The lowest BCUT2D eigenvalue weighted by atomic mass is 9.98. The average Bonchev–Trinajstić information content (AvgIpc) is 3.12. The average molecular weight is 758 g/mol. The van der Waals surface area contributed by atoms with Crippen LogP contribution in [0.15, 0.2) is 34.7 Å². The van der Waals surface area contributed by atoms with E-state index in [1.54, 1.807) is 0 Å². The standard InChI is InChI=1S/C33H40O20/c1-10-21(38)25(42)28(45)31(49-10)48-9-20-24(41)26(43)30(53-32-27(44)23(40)16(37)8-47-32)33(52-20)51-19-7-13-14(35)5-12(34)6-17(13)50-29(19)11-3-15(36)22(39)18(4-11)46-2/h3-7,10,16,20-21,23-28,30-33,37-38,40-45H,8-9H2,1-2H3,(H3-,34,35,36,39)/p+1/t10-,16+,20+,21-,23-,24+,25+,26-,27+,28+,30+,31+,32-,33+/m0/s1. The largest absolute Gasteiger partial charge is 0.507 e. The molecule has 0 radical (unpaired) electrons. The van der Waals surface area contributed by atoms with Crippen molar-refractivity contribution < 1.29 is 98.9 Å². The van der Waals surface area contributed by atoms with E-state index in [0.29, 0.717) is 0 Å². The van der Waals surface area contributed by atoms with Gasteiger partial charge in [0.25, 0.3) is 0 Å². The Morgan fingerprint density at radius 1 is 0.717 bits per heavy atom. The van der Waals surface area contributed by atoms with E-state index in [9.17, 15) is 61.3 Å². The van der Waals surface area contributed by atoms with Gasteiger partial charge < -0.3 is 94.4 Å². The highest BCUT2D eigenvalue weighted by atomic mass is 16.8. The Morgan fingerprint density at radius 3 is 2.15 bits per heavy atom. The number of rotatable bonds is 9. The molecule has 0 aliphatic carbocycles. The molecule has 0 unspecified atom stereocenters. The summed E-state index contributed by atoms with van der Waals surface area (Å²) in [6.07, 6.45) is -23.0. The van der Waals surface area contributed by atoms with Crippen LogP contribution in [0.3, 0.4) is 0 Å². The lowest BCUT2D eigenvalue weighted by Crippen LogP contribution is -2.64. The first-order chi connectivity index (χ1) is 25.1. The summed E-state index contributed by atoms with van der Waals surface area (Å²) >= 11 is 0. The zero-order chi connectivity index (χ0) is 38.5. The third-order valence-corrected chi connectivity index (χ3v) is 9.22. The van der Waals surface area contributed by atoms with Gasteiger partial charge in [0.1, 0.15) is 71.8 Å². The summed E-state index contributed by atoms with van der Waals surface area (Å²) in [5.74, 6) is -2.84. The fourth-order valence-electron chi connectivity index (χ4n) is 6.16. The minimum atomic E-state index is -1.95. The van der Waals surface area contributed by atoms with E-state index in [0.717, 1.165) is 18.2 Å². The van der Waals surface area contributed by atoms with E-state index in [1.165, 1.54) is 26.2 Å². The van der Waals surface area contributed by atoms with Gasteiger partial charge in [-0.15, -0.1) is 0 Å². The number of aliphatic hydroxyl groups is 8. The van der Waals surface area contributed by atoms with Gasteiger partial charge in [0.05, 0.1) is 38.1 Å². The molecule has 53 heavy (non-hydrogen) atoms. The molecule has 2 aromatic carbocycles. The van der Waals surface area contributed by atoms with Crippen molar-refractivity contribution in [2.45, 2.75) is 92.9 Å². The summed E-state index contributed by atoms with van der Waals surface area (Å²) in [7, 11) is 1.22. The fraction of sp³-hybridized carbons (Fsp3) is 0.545. The molecule has 292 valence electrons. The topological polar surface area (TPSA) is 319 Å². The Labute approximate surface area is 299 Å². The molecule has 3 saturated heterocycles. The third-order valence-electron chi connectivity index (χ3n) is 9.22. The summed E-state index contributed by atoms with van der Waals surface area (Å²) in [4.78, 5) is 0. The van der Waals surface area contributed by atoms with Crippen molar-refractivity contribution in [1.29, 1.82) is 0 Å². The van der Waals surface area contributed by atoms with Crippen LogP contribution in [-0.2, 0) is 23.7 Å². The maximum absolute atomic E-state index is 11.4. The summed E-state index contributed by atoms with van der Waals surface area (Å²) in [6, 6.07) is 5.73. The van der Waals surface area contributed by atoms with Gasteiger partial charge in [-0.2, -0.15) is 0 Å². The maximum atomic E-state index is 11.4. The highest BCUT2D eigenvalue weighted by molar-refractivity contribution is 5.88. The van der Waals surface area contributed by atoms with Crippen LogP contribution in [0.1, 0.15) is 6.92 Å². The summed E-state index contributed by atoms with van der Waals surface area (Å²) in [6.45, 7) is 0.295. The Morgan fingerprint density at radius 2 is 1.43 bits per heavy atom. The van der Waals surface area contributed by atoms with Crippen molar-refractivity contribution in [3.8, 4) is 45.8 Å². The van der Waals surface area contributed by atoms with Gasteiger partial charge in [0.2, 0.25) is 17.8 Å². The Balaban J connectivity index is 1.39. The third kappa shape index (κ3) is 7.59. The van der Waals surface area contributed by atoms with Crippen LogP contribution in [0.5, 0.6) is 34.5 Å². The molecule has 4 heterocycles. The maximum Gasteiger partial charge on any atom is 0.402 e. The minimum Gasteiger partial charge on any atom is -0.507 e. The van der Waals surface area contributed by atoms with Gasteiger partial charge in [0.15, 0.2) is 30.2 Å². The van der Waals surface area contributed by atoms with Crippen LogP contribution in [0, 0.1) is 0 Å². The molecule has 12 N–H and O–H groups in total. The number of phenolic OH excluding ortho intramolecular Hbond substituents is 4. The van der Waals surface area contributed by atoms with E-state index in [2.05, 4.69) is 0 Å². The number of aliphatic hydroxyl groups excluding tert-OH is 8. The molecule has 3 aliphatic rings. The molecule has 3 aliphatic heterocycles. The predicted molar refractivity (Wildman–Crippen MR) is 172 cm³/mol. The molecule has 0 spiro atoms. The monoisotopic (exact) mass is 757 g/mol. The van der Waals surface area contributed by atoms with Crippen molar-refractivity contribution in [3.05, 3.63) is 30.3 Å². The van der Waals surface area contributed by atoms with Crippen molar-refractivity contribution in [3.63, 3.8) is 0 Å². The van der Waals surface area contributed by atoms with Gasteiger partial charge in [0, 0.05) is 24.3 Å². The van der Waals surface area contributed by atoms with Crippen molar-refractivity contribution in [1.82, 2.24) is 0 Å². The van der Waals surface area contributed by atoms with Crippen LogP contribution in [0.25, 0.3) is 22.3 Å². The quantitative estimate of drug-likeness (QED) is 0.0807. The number of aromatic hydroxyl groups is 4. The minimum absolute atomic E-state index is 0.00655. The van der Waals surface area contributed by atoms with Crippen LogP contribution in [0.2, 0.25) is 0 Å². The second kappa shape index (κ2) is 15.5. The highest BCUT2D eigenvalue weighted by Gasteiger charge is 2.51. The molecule has 0 saturated carbocycles. The smallest absolute Gasteiger partial charge is 0.402 e. The SMILES string of the molecule is COc1cc(-c2[o+]c3cc(O)cc(O)c3cc2O[C@@H]2O[C@H](CO[C@@H]3O[C@@H](C)[C@H](O)[C@@H](O)[C@H]3O)[C@@H](O)[C@H](O)[C@H]2O[C@@H]2OC[C@@H](O)[C@H](O)[C@H]2O)cc(O)c1O. The molecule has 20 heteroatoms. The number of fused-ring (bicyclic) bond motifs is 1. The number of ether oxygens (including phenoxy) is 7. The molecular weight excluding hydrogens is 716 g/mol. The molecule has 3 fully saturated rings. The van der Waals surface area contributed by atoms with Crippen LogP contribution < -0.4 is 9.47 Å². The normalized spacial score (nSPS) is 36.3. The van der Waals surface area contributed by atoms with E-state index in [-0.39, 0.29) is 39.5 Å². The highest BCUT2D eigenvalue weighted by Crippen LogP contribution is 2.45. The molecule has 0 amide bonds. The molecule has 14 atom stereocenters. The van der Waals surface area contributed by atoms with Crippen LogP contribution in [0.4, 0.5) is 0 Å². The lowest BCUT2D eigenvalue weighted by molar-refractivity contribution is -0.352. The van der Waals surface area contributed by atoms with Gasteiger partial charge in [-0.25, -0.2) is 4.42 Å². The van der Waals surface area contributed by atoms with E-state index < -0.39 is 116 Å². The van der Waals surface area contributed by atoms with E-state index >= 15 is 0 Å².